The van der Waals surface area contributed by atoms with Gasteiger partial charge < -0.3 is 15.3 Å². The van der Waals surface area contributed by atoms with E-state index in [0.29, 0.717) is 15.8 Å². The average Bonchev–Trinajstić information content (AvgIpc) is 3.03. The standard InChI is InChI=1S/C21H21N3O3S/c1-3-24(4-2)15-11-9-14(10-12-15)13-18-19(25)23-21(28-18)22-17-8-6-5-7-16(17)20(26)27/h5-13H,3-4H2,1-2H3,(H,26,27)(H,22,23,25)/b18-13-. The van der Waals surface area contributed by atoms with Crippen molar-refractivity contribution in [3.8, 4) is 0 Å². The van der Waals surface area contributed by atoms with Crippen molar-refractivity contribution in [2.24, 2.45) is 4.99 Å². The Labute approximate surface area is 168 Å². The van der Waals surface area contributed by atoms with Crippen LogP contribution in [-0.2, 0) is 4.79 Å². The Hall–Kier alpha value is -3.06. The number of aromatic carboxylic acids is 1. The zero-order chi connectivity index (χ0) is 20.1. The minimum atomic E-state index is -1.06. The zero-order valence-electron chi connectivity index (χ0n) is 15.7. The Bertz CT molecular complexity index is 948. The monoisotopic (exact) mass is 395 g/mol. The highest BCUT2D eigenvalue weighted by atomic mass is 32.2. The number of hydrogen-bond donors (Lipinski definition) is 2. The summed E-state index contributed by atoms with van der Waals surface area (Å²) in [4.78, 5) is 30.6. The number of amidine groups is 1. The van der Waals surface area contributed by atoms with Crippen molar-refractivity contribution in [2.75, 3.05) is 18.0 Å². The van der Waals surface area contributed by atoms with Crippen molar-refractivity contribution in [3.63, 3.8) is 0 Å². The maximum Gasteiger partial charge on any atom is 0.337 e. The number of amides is 1. The first-order valence-electron chi connectivity index (χ1n) is 8.98. The number of carbonyl (C=O) groups is 2. The maximum absolute atomic E-state index is 12.3. The molecule has 0 radical (unpaired) electrons. The predicted octanol–water partition coefficient (Wildman–Crippen LogP) is 4.12. The van der Waals surface area contributed by atoms with Crippen molar-refractivity contribution in [1.29, 1.82) is 0 Å². The predicted molar refractivity (Wildman–Crippen MR) is 114 cm³/mol. The lowest BCUT2D eigenvalue weighted by Crippen LogP contribution is -2.21. The third-order valence-electron chi connectivity index (χ3n) is 4.33. The zero-order valence-corrected chi connectivity index (χ0v) is 16.5. The number of nitrogens with zero attached hydrogens (tertiary/aromatic N) is 2. The minimum absolute atomic E-state index is 0.0919. The summed E-state index contributed by atoms with van der Waals surface area (Å²) < 4.78 is 0. The van der Waals surface area contributed by atoms with E-state index in [4.69, 9.17) is 0 Å². The maximum atomic E-state index is 12.3. The van der Waals surface area contributed by atoms with Gasteiger partial charge in [0.05, 0.1) is 16.2 Å². The molecule has 144 valence electrons. The lowest BCUT2D eigenvalue weighted by molar-refractivity contribution is -0.115. The molecule has 0 aliphatic carbocycles. The fourth-order valence-electron chi connectivity index (χ4n) is 2.86. The number of anilines is 1. The van der Waals surface area contributed by atoms with Crippen molar-refractivity contribution in [2.45, 2.75) is 13.8 Å². The quantitative estimate of drug-likeness (QED) is 0.719. The number of aliphatic imine (C=N–C) groups is 1. The van der Waals surface area contributed by atoms with E-state index in [1.54, 1.807) is 24.3 Å². The van der Waals surface area contributed by atoms with Gasteiger partial charge in [-0.25, -0.2) is 9.79 Å². The SMILES string of the molecule is CCN(CC)c1ccc(/C=C2\SC(=Nc3ccccc3C(=O)O)NC2=O)cc1. The Kier molecular flexibility index (Phi) is 6.16. The molecule has 1 heterocycles. The third-order valence-corrected chi connectivity index (χ3v) is 5.24. The lowest BCUT2D eigenvalue weighted by atomic mass is 10.1. The molecule has 0 aromatic heterocycles. The molecule has 1 aliphatic rings. The Morgan fingerprint density at radius 3 is 2.46 bits per heavy atom. The molecule has 3 rings (SSSR count). The van der Waals surface area contributed by atoms with Gasteiger partial charge >= 0.3 is 5.97 Å². The van der Waals surface area contributed by atoms with Crippen molar-refractivity contribution < 1.29 is 14.7 Å². The molecule has 2 aromatic rings. The molecular formula is C21H21N3O3S. The molecule has 0 atom stereocenters. The van der Waals surface area contributed by atoms with Crippen molar-refractivity contribution in [1.82, 2.24) is 5.32 Å². The number of hydrogen-bond acceptors (Lipinski definition) is 5. The molecule has 0 spiro atoms. The number of thioether (sulfide) groups is 1. The molecule has 28 heavy (non-hydrogen) atoms. The summed E-state index contributed by atoms with van der Waals surface area (Å²) in [5.41, 5.74) is 2.46. The van der Waals surface area contributed by atoms with Crippen LogP contribution in [0.1, 0.15) is 29.8 Å². The molecule has 1 amide bonds. The van der Waals surface area contributed by atoms with Crippen molar-refractivity contribution in [3.05, 3.63) is 64.6 Å². The number of nitrogens with one attached hydrogen (secondary N) is 1. The molecule has 0 bridgehead atoms. The van der Waals surface area contributed by atoms with Crippen LogP contribution < -0.4 is 10.2 Å². The van der Waals surface area contributed by atoms with Crippen LogP contribution in [-0.4, -0.2) is 35.2 Å². The Morgan fingerprint density at radius 2 is 1.82 bits per heavy atom. The van der Waals surface area contributed by atoms with Gasteiger partial charge in [-0.15, -0.1) is 0 Å². The summed E-state index contributed by atoms with van der Waals surface area (Å²) in [6.45, 7) is 6.10. The number of carbonyl (C=O) groups excluding carboxylic acids is 1. The Morgan fingerprint density at radius 1 is 1.14 bits per heavy atom. The molecule has 7 heteroatoms. The van der Waals surface area contributed by atoms with Crippen LogP contribution in [0.2, 0.25) is 0 Å². The van der Waals surface area contributed by atoms with Crippen LogP contribution in [0.4, 0.5) is 11.4 Å². The van der Waals surface area contributed by atoms with E-state index in [2.05, 4.69) is 29.1 Å². The minimum Gasteiger partial charge on any atom is -0.478 e. The van der Waals surface area contributed by atoms with E-state index in [-0.39, 0.29) is 11.5 Å². The fraction of sp³-hybridized carbons (Fsp3) is 0.190. The van der Waals surface area contributed by atoms with Crippen LogP contribution >= 0.6 is 11.8 Å². The summed E-state index contributed by atoms with van der Waals surface area (Å²) in [6, 6.07) is 14.5. The van der Waals surface area contributed by atoms with Crippen LogP contribution in [0.5, 0.6) is 0 Å². The number of para-hydroxylation sites is 1. The van der Waals surface area contributed by atoms with Crippen molar-refractivity contribution >= 4 is 46.3 Å². The first kappa shape index (κ1) is 19.7. The smallest absolute Gasteiger partial charge is 0.337 e. The molecule has 0 unspecified atom stereocenters. The topological polar surface area (TPSA) is 82.0 Å². The number of rotatable bonds is 6. The van der Waals surface area contributed by atoms with Gasteiger partial charge in [0.25, 0.3) is 5.91 Å². The van der Waals surface area contributed by atoms with Gasteiger partial charge in [-0.2, -0.15) is 0 Å². The molecule has 2 aromatic carbocycles. The highest BCUT2D eigenvalue weighted by Crippen LogP contribution is 2.29. The molecule has 2 N–H and O–H groups in total. The van der Waals surface area contributed by atoms with Crippen LogP contribution in [0.3, 0.4) is 0 Å². The Balaban J connectivity index is 1.80. The molecule has 6 nitrogen and oxygen atoms in total. The molecule has 0 saturated carbocycles. The second-order valence-electron chi connectivity index (χ2n) is 6.07. The van der Waals surface area contributed by atoms with Gasteiger partial charge in [-0.1, -0.05) is 24.3 Å². The van der Waals surface area contributed by atoms with Gasteiger partial charge in [0.1, 0.15) is 0 Å². The first-order valence-corrected chi connectivity index (χ1v) is 9.80. The second kappa shape index (κ2) is 8.75. The number of carboxylic acids is 1. The van der Waals surface area contributed by atoms with Gasteiger partial charge in [0, 0.05) is 18.8 Å². The van der Waals surface area contributed by atoms with Crippen LogP contribution in [0.25, 0.3) is 6.08 Å². The summed E-state index contributed by atoms with van der Waals surface area (Å²) >= 11 is 1.20. The summed E-state index contributed by atoms with van der Waals surface area (Å²) in [5, 5.41) is 12.3. The molecule has 1 aliphatic heterocycles. The largest absolute Gasteiger partial charge is 0.478 e. The van der Waals surface area contributed by atoms with Gasteiger partial charge in [0.15, 0.2) is 5.17 Å². The number of benzene rings is 2. The van der Waals surface area contributed by atoms with Crippen LogP contribution in [0.15, 0.2) is 58.4 Å². The average molecular weight is 395 g/mol. The highest BCUT2D eigenvalue weighted by Gasteiger charge is 2.24. The van der Waals surface area contributed by atoms with E-state index >= 15 is 0 Å². The number of carboxylic acid groups (broad SMARTS) is 1. The van der Waals surface area contributed by atoms with E-state index < -0.39 is 5.97 Å². The van der Waals surface area contributed by atoms with Crippen LogP contribution in [0, 0.1) is 0 Å². The van der Waals surface area contributed by atoms with E-state index in [1.165, 1.54) is 17.8 Å². The summed E-state index contributed by atoms with van der Waals surface area (Å²) in [5.74, 6) is -1.30. The van der Waals surface area contributed by atoms with E-state index in [0.717, 1.165) is 24.3 Å². The van der Waals surface area contributed by atoms with E-state index in [1.807, 2.05) is 24.3 Å². The molecule has 1 fully saturated rings. The van der Waals surface area contributed by atoms with Gasteiger partial charge in [0.2, 0.25) is 0 Å². The van der Waals surface area contributed by atoms with Gasteiger partial charge in [-0.3, -0.25) is 4.79 Å². The molecular weight excluding hydrogens is 374 g/mol. The fourth-order valence-corrected chi connectivity index (χ4v) is 3.70. The van der Waals surface area contributed by atoms with E-state index in [9.17, 15) is 14.7 Å². The van der Waals surface area contributed by atoms with Gasteiger partial charge in [-0.05, 0) is 61.5 Å². The molecule has 1 saturated heterocycles. The second-order valence-corrected chi connectivity index (χ2v) is 7.10. The first-order chi connectivity index (χ1) is 13.5. The highest BCUT2D eigenvalue weighted by molar-refractivity contribution is 8.18. The summed E-state index contributed by atoms with van der Waals surface area (Å²) in [7, 11) is 0. The third kappa shape index (κ3) is 4.43. The normalized spacial score (nSPS) is 16.4. The summed E-state index contributed by atoms with van der Waals surface area (Å²) in [6.07, 6.45) is 1.80. The lowest BCUT2D eigenvalue weighted by Gasteiger charge is -2.20.